The molecular formula is C12H17NO3. The number of benzene rings is 1. The van der Waals surface area contributed by atoms with E-state index in [1.54, 1.807) is 31.3 Å². The Hall–Kier alpha value is -1.23. The molecule has 0 saturated carbocycles. The Morgan fingerprint density at radius 1 is 1.38 bits per heavy atom. The third kappa shape index (κ3) is 3.13. The van der Waals surface area contributed by atoms with E-state index in [4.69, 9.17) is 0 Å². The van der Waals surface area contributed by atoms with Crippen molar-refractivity contribution in [1.82, 2.24) is 5.32 Å². The zero-order valence-electron chi connectivity index (χ0n) is 9.26. The lowest BCUT2D eigenvalue weighted by Gasteiger charge is -2.19. The normalized spacial score (nSPS) is 14.4. The topological polar surface area (TPSA) is 69.6 Å². The lowest BCUT2D eigenvalue weighted by atomic mass is 9.98. The molecule has 16 heavy (non-hydrogen) atoms. The molecule has 4 nitrogen and oxygen atoms in total. The van der Waals surface area contributed by atoms with Crippen LogP contribution in [0.1, 0.15) is 28.4 Å². The summed E-state index contributed by atoms with van der Waals surface area (Å²) >= 11 is 0. The van der Waals surface area contributed by atoms with Gasteiger partial charge in [0.05, 0.1) is 6.10 Å². The Morgan fingerprint density at radius 2 is 2.06 bits per heavy atom. The lowest BCUT2D eigenvalue weighted by Crippen LogP contribution is -2.24. The second-order valence-corrected chi connectivity index (χ2v) is 3.65. The number of aliphatic hydroxyl groups is 2. The predicted molar refractivity (Wildman–Crippen MR) is 61.3 cm³/mol. The summed E-state index contributed by atoms with van der Waals surface area (Å²) in [7, 11) is 1.78. The fraction of sp³-hybridized carbons (Fsp3) is 0.417. The number of hydrogen-bond donors (Lipinski definition) is 3. The summed E-state index contributed by atoms with van der Waals surface area (Å²) in [5.41, 5.74) is 0.889. The first-order valence-corrected chi connectivity index (χ1v) is 5.25. The van der Waals surface area contributed by atoms with E-state index in [2.05, 4.69) is 5.32 Å². The van der Waals surface area contributed by atoms with E-state index in [1.807, 2.05) is 0 Å². The van der Waals surface area contributed by atoms with Gasteiger partial charge in [0.25, 0.3) is 0 Å². The molecule has 0 saturated heterocycles. The van der Waals surface area contributed by atoms with Gasteiger partial charge in [0.15, 0.2) is 0 Å². The van der Waals surface area contributed by atoms with Crippen molar-refractivity contribution >= 4 is 6.29 Å². The minimum Gasteiger partial charge on any atom is -0.390 e. The number of rotatable bonds is 6. The predicted octanol–water partition coefficient (Wildman–Crippen LogP) is 0.503. The van der Waals surface area contributed by atoms with Crippen LogP contribution in [0.5, 0.6) is 0 Å². The lowest BCUT2D eigenvalue weighted by molar-refractivity contribution is 0.0137. The van der Waals surface area contributed by atoms with Crippen molar-refractivity contribution in [2.24, 2.45) is 0 Å². The van der Waals surface area contributed by atoms with Crippen LogP contribution >= 0.6 is 0 Å². The third-order valence-corrected chi connectivity index (χ3v) is 2.50. The summed E-state index contributed by atoms with van der Waals surface area (Å²) in [4.78, 5) is 10.8. The highest BCUT2D eigenvalue weighted by atomic mass is 16.3. The monoisotopic (exact) mass is 223 g/mol. The first-order chi connectivity index (χ1) is 7.70. The SMILES string of the molecule is CNCCC(O)C(O)c1ccccc1C=O. The molecule has 1 rings (SSSR count). The first kappa shape index (κ1) is 12.8. The van der Waals surface area contributed by atoms with Crippen LogP contribution in [-0.2, 0) is 0 Å². The number of nitrogens with one attached hydrogen (secondary N) is 1. The molecule has 88 valence electrons. The van der Waals surface area contributed by atoms with E-state index < -0.39 is 12.2 Å². The number of aldehydes is 1. The van der Waals surface area contributed by atoms with Crippen molar-refractivity contribution < 1.29 is 15.0 Å². The number of carbonyl (C=O) groups is 1. The summed E-state index contributed by atoms with van der Waals surface area (Å²) < 4.78 is 0. The molecule has 0 aliphatic rings. The first-order valence-electron chi connectivity index (χ1n) is 5.25. The standard InChI is InChI=1S/C12H17NO3/c1-13-7-6-11(15)12(16)10-5-3-2-4-9(10)8-14/h2-5,8,11-13,15-16H,6-7H2,1H3. The maximum Gasteiger partial charge on any atom is 0.150 e. The molecule has 0 aliphatic carbocycles. The Morgan fingerprint density at radius 3 is 2.69 bits per heavy atom. The van der Waals surface area contributed by atoms with Crippen molar-refractivity contribution in [2.45, 2.75) is 18.6 Å². The van der Waals surface area contributed by atoms with Gasteiger partial charge in [-0.25, -0.2) is 0 Å². The van der Waals surface area contributed by atoms with Crippen LogP contribution in [0.3, 0.4) is 0 Å². The molecule has 0 heterocycles. The molecule has 0 radical (unpaired) electrons. The highest BCUT2D eigenvalue weighted by molar-refractivity contribution is 5.77. The summed E-state index contributed by atoms with van der Waals surface area (Å²) in [6, 6.07) is 6.73. The van der Waals surface area contributed by atoms with Gasteiger partial charge in [0.2, 0.25) is 0 Å². The molecular weight excluding hydrogens is 206 g/mol. The van der Waals surface area contributed by atoms with Gasteiger partial charge < -0.3 is 15.5 Å². The molecule has 1 aromatic carbocycles. The molecule has 0 spiro atoms. The second kappa shape index (κ2) is 6.37. The Balaban J connectivity index is 2.78. The van der Waals surface area contributed by atoms with Crippen LogP contribution in [0.4, 0.5) is 0 Å². The van der Waals surface area contributed by atoms with Crippen molar-refractivity contribution in [3.8, 4) is 0 Å². The van der Waals surface area contributed by atoms with E-state index >= 15 is 0 Å². The van der Waals surface area contributed by atoms with Crippen LogP contribution in [0.25, 0.3) is 0 Å². The van der Waals surface area contributed by atoms with Crippen molar-refractivity contribution in [2.75, 3.05) is 13.6 Å². The Bertz CT molecular complexity index is 341. The number of hydrogen-bond acceptors (Lipinski definition) is 4. The minimum absolute atomic E-state index is 0.415. The molecule has 0 aliphatic heterocycles. The highest BCUT2D eigenvalue weighted by Crippen LogP contribution is 2.21. The second-order valence-electron chi connectivity index (χ2n) is 3.65. The highest BCUT2D eigenvalue weighted by Gasteiger charge is 2.19. The van der Waals surface area contributed by atoms with Gasteiger partial charge in [-0.15, -0.1) is 0 Å². The molecule has 1 aromatic rings. The molecule has 2 atom stereocenters. The van der Waals surface area contributed by atoms with E-state index in [9.17, 15) is 15.0 Å². The number of aliphatic hydroxyl groups excluding tert-OH is 2. The van der Waals surface area contributed by atoms with Gasteiger partial charge in [0, 0.05) is 5.56 Å². The van der Waals surface area contributed by atoms with Gasteiger partial charge in [-0.1, -0.05) is 24.3 Å². The van der Waals surface area contributed by atoms with Crippen LogP contribution in [0.15, 0.2) is 24.3 Å². The molecule has 3 N–H and O–H groups in total. The fourth-order valence-electron chi connectivity index (χ4n) is 1.54. The number of carbonyl (C=O) groups excluding carboxylic acids is 1. The van der Waals surface area contributed by atoms with Crippen LogP contribution in [0, 0.1) is 0 Å². The zero-order valence-corrected chi connectivity index (χ0v) is 9.26. The Labute approximate surface area is 94.9 Å². The Kier molecular flexibility index (Phi) is 5.11. The van der Waals surface area contributed by atoms with Crippen LogP contribution in [0.2, 0.25) is 0 Å². The fourth-order valence-corrected chi connectivity index (χ4v) is 1.54. The van der Waals surface area contributed by atoms with E-state index in [1.165, 1.54) is 0 Å². The maximum absolute atomic E-state index is 10.8. The summed E-state index contributed by atoms with van der Waals surface area (Å²) in [6.07, 6.45) is -0.767. The summed E-state index contributed by atoms with van der Waals surface area (Å²) in [5, 5.41) is 22.5. The smallest absolute Gasteiger partial charge is 0.150 e. The van der Waals surface area contributed by atoms with Gasteiger partial charge in [-0.3, -0.25) is 4.79 Å². The maximum atomic E-state index is 10.8. The molecule has 0 aromatic heterocycles. The molecule has 2 unspecified atom stereocenters. The van der Waals surface area contributed by atoms with Gasteiger partial charge in [-0.2, -0.15) is 0 Å². The van der Waals surface area contributed by atoms with Gasteiger partial charge >= 0.3 is 0 Å². The average molecular weight is 223 g/mol. The zero-order chi connectivity index (χ0) is 12.0. The quantitative estimate of drug-likeness (QED) is 0.614. The molecule has 0 fully saturated rings. The van der Waals surface area contributed by atoms with Crippen LogP contribution in [-0.4, -0.2) is 36.2 Å². The van der Waals surface area contributed by atoms with E-state index in [0.717, 1.165) is 0 Å². The largest absolute Gasteiger partial charge is 0.390 e. The van der Waals surface area contributed by atoms with Crippen molar-refractivity contribution in [1.29, 1.82) is 0 Å². The molecule has 4 heteroatoms. The third-order valence-electron chi connectivity index (χ3n) is 2.50. The molecule has 0 bridgehead atoms. The van der Waals surface area contributed by atoms with Gasteiger partial charge in [0.1, 0.15) is 12.4 Å². The van der Waals surface area contributed by atoms with E-state index in [0.29, 0.717) is 30.4 Å². The van der Waals surface area contributed by atoms with E-state index in [-0.39, 0.29) is 0 Å². The molecule has 0 amide bonds. The average Bonchev–Trinajstić information content (AvgIpc) is 2.34. The minimum atomic E-state index is -1.02. The summed E-state index contributed by atoms with van der Waals surface area (Å²) in [6.45, 7) is 0.613. The van der Waals surface area contributed by atoms with Gasteiger partial charge in [-0.05, 0) is 25.6 Å². The van der Waals surface area contributed by atoms with Crippen LogP contribution < -0.4 is 5.32 Å². The van der Waals surface area contributed by atoms with Crippen molar-refractivity contribution in [3.05, 3.63) is 35.4 Å². The van der Waals surface area contributed by atoms with Crippen molar-refractivity contribution in [3.63, 3.8) is 0 Å². The summed E-state index contributed by atoms with van der Waals surface area (Å²) in [5.74, 6) is 0.